The van der Waals surface area contributed by atoms with Crippen molar-refractivity contribution >= 4 is 23.2 Å². The van der Waals surface area contributed by atoms with Gasteiger partial charge in [0.1, 0.15) is 11.5 Å². The van der Waals surface area contributed by atoms with Gasteiger partial charge in [0.15, 0.2) is 23.0 Å². The molecular weight excluding hydrogens is 494 g/mol. The Kier molecular flexibility index (Phi) is 7.38. The Bertz CT molecular complexity index is 1370. The molecule has 0 fully saturated rings. The fourth-order valence-corrected chi connectivity index (χ4v) is 4.37. The van der Waals surface area contributed by atoms with Crippen molar-refractivity contribution in [3.05, 3.63) is 76.0 Å². The van der Waals surface area contributed by atoms with Gasteiger partial charge in [0, 0.05) is 16.1 Å². The van der Waals surface area contributed by atoms with Crippen molar-refractivity contribution in [3.63, 3.8) is 0 Å². The van der Waals surface area contributed by atoms with Crippen LogP contribution < -0.4 is 18.9 Å². The number of nitrogens with zero attached hydrogens (tertiary/aromatic N) is 2. The fraction of sp³-hybridized carbons (Fsp3) is 0.192. The summed E-state index contributed by atoms with van der Waals surface area (Å²) in [6, 6.07) is 15.2. The molecule has 0 amide bonds. The van der Waals surface area contributed by atoms with Crippen LogP contribution in [0.5, 0.6) is 23.0 Å². The lowest BCUT2D eigenvalue weighted by atomic mass is 10.1. The third-order valence-electron chi connectivity index (χ3n) is 5.54. The highest BCUT2D eigenvalue weighted by atomic mass is 35.5. The van der Waals surface area contributed by atoms with Crippen molar-refractivity contribution in [2.75, 3.05) is 28.4 Å². The van der Waals surface area contributed by atoms with E-state index in [9.17, 15) is 4.39 Å². The Morgan fingerprint density at radius 3 is 1.89 bits per heavy atom. The van der Waals surface area contributed by atoms with Crippen molar-refractivity contribution in [3.8, 4) is 45.5 Å². The zero-order valence-electron chi connectivity index (χ0n) is 19.6. The third kappa shape index (κ3) is 4.88. The number of benzene rings is 3. The predicted molar refractivity (Wildman–Crippen MR) is 135 cm³/mol. The lowest BCUT2D eigenvalue weighted by Gasteiger charge is -2.12. The molecule has 0 spiro atoms. The Morgan fingerprint density at radius 2 is 1.31 bits per heavy atom. The molecule has 0 saturated carbocycles. The number of methoxy groups -OCH3 is 4. The minimum absolute atomic E-state index is 0.260. The van der Waals surface area contributed by atoms with E-state index >= 15 is 0 Å². The van der Waals surface area contributed by atoms with Crippen LogP contribution in [0.25, 0.3) is 22.5 Å². The van der Waals surface area contributed by atoms with Crippen molar-refractivity contribution in [2.45, 2.75) is 6.54 Å². The molecule has 0 bridgehead atoms. The first-order valence-corrected chi connectivity index (χ1v) is 11.3. The summed E-state index contributed by atoms with van der Waals surface area (Å²) < 4.78 is 37.0. The van der Waals surface area contributed by atoms with Crippen LogP contribution in [0.4, 0.5) is 4.39 Å². The molecule has 182 valence electrons. The number of halogens is 3. The van der Waals surface area contributed by atoms with Crippen LogP contribution in [0.3, 0.4) is 0 Å². The maximum atomic E-state index is 13.6. The van der Waals surface area contributed by atoms with Gasteiger partial charge in [0.25, 0.3) is 0 Å². The molecule has 0 saturated heterocycles. The average molecular weight is 517 g/mol. The molecule has 35 heavy (non-hydrogen) atoms. The van der Waals surface area contributed by atoms with Crippen molar-refractivity contribution in [2.24, 2.45) is 0 Å². The van der Waals surface area contributed by atoms with E-state index in [1.54, 1.807) is 57.4 Å². The summed E-state index contributed by atoms with van der Waals surface area (Å²) in [6.45, 7) is 0.260. The number of rotatable bonds is 8. The number of ether oxygens (including phenoxy) is 4. The maximum absolute atomic E-state index is 13.6. The number of hydrogen-bond donors (Lipinski definition) is 0. The molecule has 0 aliphatic carbocycles. The lowest BCUT2D eigenvalue weighted by Crippen LogP contribution is -2.05. The molecule has 6 nitrogen and oxygen atoms in total. The molecule has 0 N–H and O–H groups in total. The van der Waals surface area contributed by atoms with Gasteiger partial charge < -0.3 is 18.9 Å². The van der Waals surface area contributed by atoms with Crippen molar-refractivity contribution in [1.29, 1.82) is 0 Å². The molecule has 0 aliphatic rings. The molecule has 0 unspecified atom stereocenters. The van der Waals surface area contributed by atoms with Crippen LogP contribution in [0.1, 0.15) is 5.56 Å². The quantitative estimate of drug-likeness (QED) is 0.259. The molecule has 4 aromatic rings. The lowest BCUT2D eigenvalue weighted by molar-refractivity contribution is 0.355. The summed E-state index contributed by atoms with van der Waals surface area (Å²) in [5.41, 5.74) is 3.35. The maximum Gasteiger partial charge on any atom is 0.161 e. The summed E-state index contributed by atoms with van der Waals surface area (Å²) in [6.07, 6.45) is 0. The van der Waals surface area contributed by atoms with Gasteiger partial charge in [-0.2, -0.15) is 5.10 Å². The van der Waals surface area contributed by atoms with Crippen LogP contribution in [-0.4, -0.2) is 38.2 Å². The van der Waals surface area contributed by atoms with E-state index in [-0.39, 0.29) is 6.54 Å². The van der Waals surface area contributed by atoms with Crippen LogP contribution in [0, 0.1) is 5.82 Å². The smallest absolute Gasteiger partial charge is 0.161 e. The van der Waals surface area contributed by atoms with Gasteiger partial charge >= 0.3 is 0 Å². The van der Waals surface area contributed by atoms with Crippen molar-refractivity contribution < 1.29 is 23.3 Å². The highest BCUT2D eigenvalue weighted by Gasteiger charge is 2.22. The summed E-state index contributed by atoms with van der Waals surface area (Å²) in [5.74, 6) is 1.85. The molecular formula is C26H23Cl2FN2O4. The Morgan fingerprint density at radius 1 is 0.743 bits per heavy atom. The van der Waals surface area contributed by atoms with E-state index in [1.807, 2.05) is 18.2 Å². The van der Waals surface area contributed by atoms with E-state index < -0.39 is 5.82 Å². The van der Waals surface area contributed by atoms with Crippen molar-refractivity contribution in [1.82, 2.24) is 9.78 Å². The minimum atomic E-state index is -0.414. The molecule has 0 aliphatic heterocycles. The highest BCUT2D eigenvalue weighted by molar-refractivity contribution is 6.35. The second kappa shape index (κ2) is 10.5. The molecule has 0 radical (unpaired) electrons. The van der Waals surface area contributed by atoms with Gasteiger partial charge in [-0.15, -0.1) is 0 Å². The summed E-state index contributed by atoms with van der Waals surface area (Å²) in [5, 5.41) is 5.52. The van der Waals surface area contributed by atoms with Crippen LogP contribution in [-0.2, 0) is 6.54 Å². The molecule has 1 heterocycles. The average Bonchev–Trinajstić information content (AvgIpc) is 3.20. The molecule has 3 aromatic carbocycles. The Hall–Kier alpha value is -3.42. The monoisotopic (exact) mass is 516 g/mol. The standard InChI is InChI=1S/C26H23Cl2FN2O4/c1-32-20-9-6-15(11-22(20)34-3)25-24(28)26(16-7-10-21(33-2)23(12-16)35-4)31(30-25)14-17-5-8-18(29)13-19(17)27/h5-13H,14H2,1-4H3. The highest BCUT2D eigenvalue weighted by Crippen LogP contribution is 2.42. The van der Waals surface area contributed by atoms with E-state index in [2.05, 4.69) is 0 Å². The first-order chi connectivity index (χ1) is 16.9. The Balaban J connectivity index is 1.91. The second-order valence-electron chi connectivity index (χ2n) is 7.54. The first-order valence-electron chi connectivity index (χ1n) is 10.5. The van der Waals surface area contributed by atoms with Crippen LogP contribution in [0.15, 0.2) is 54.6 Å². The van der Waals surface area contributed by atoms with E-state index in [0.29, 0.717) is 50.0 Å². The predicted octanol–water partition coefficient (Wildman–Crippen LogP) is 6.75. The van der Waals surface area contributed by atoms with E-state index in [4.69, 9.17) is 47.2 Å². The molecule has 1 aromatic heterocycles. The SMILES string of the molecule is COc1ccc(-c2nn(Cc3ccc(F)cc3Cl)c(-c3ccc(OC)c(OC)c3)c2Cl)cc1OC. The molecule has 4 rings (SSSR count). The number of aromatic nitrogens is 2. The normalized spacial score (nSPS) is 10.8. The Labute approximate surface area is 212 Å². The van der Waals surface area contributed by atoms with E-state index in [0.717, 1.165) is 11.1 Å². The molecule has 0 atom stereocenters. The number of hydrogen-bond acceptors (Lipinski definition) is 5. The van der Waals surface area contributed by atoms with Crippen LogP contribution in [0.2, 0.25) is 10.0 Å². The van der Waals surface area contributed by atoms with Gasteiger partial charge in [-0.05, 0) is 54.1 Å². The van der Waals surface area contributed by atoms with Gasteiger partial charge in [-0.3, -0.25) is 4.68 Å². The minimum Gasteiger partial charge on any atom is -0.493 e. The van der Waals surface area contributed by atoms with Gasteiger partial charge in [0.2, 0.25) is 0 Å². The van der Waals surface area contributed by atoms with Gasteiger partial charge in [-0.1, -0.05) is 29.3 Å². The van der Waals surface area contributed by atoms with Crippen LogP contribution >= 0.6 is 23.2 Å². The summed E-state index contributed by atoms with van der Waals surface area (Å²) >= 11 is 13.3. The summed E-state index contributed by atoms with van der Waals surface area (Å²) in [7, 11) is 6.27. The largest absolute Gasteiger partial charge is 0.493 e. The zero-order valence-corrected chi connectivity index (χ0v) is 21.1. The molecule has 9 heteroatoms. The van der Waals surface area contributed by atoms with Gasteiger partial charge in [-0.25, -0.2) is 4.39 Å². The fourth-order valence-electron chi connectivity index (χ4n) is 3.79. The first kappa shape index (κ1) is 24.7. The topological polar surface area (TPSA) is 54.7 Å². The summed E-state index contributed by atoms with van der Waals surface area (Å²) in [4.78, 5) is 0. The third-order valence-corrected chi connectivity index (χ3v) is 6.25. The van der Waals surface area contributed by atoms with Gasteiger partial charge in [0.05, 0.1) is 45.7 Å². The zero-order chi connectivity index (χ0) is 25.1. The van der Waals surface area contributed by atoms with E-state index in [1.165, 1.54) is 12.1 Å². The second-order valence-corrected chi connectivity index (χ2v) is 8.33.